The Bertz CT molecular complexity index is 493. The maximum absolute atomic E-state index is 11.9. The van der Waals surface area contributed by atoms with E-state index in [-0.39, 0.29) is 11.7 Å². The molecule has 1 saturated carbocycles. The van der Waals surface area contributed by atoms with E-state index in [2.05, 4.69) is 0 Å². The number of esters is 1. The van der Waals surface area contributed by atoms with Crippen molar-refractivity contribution >= 4 is 12.0 Å². The predicted molar refractivity (Wildman–Crippen MR) is 73.0 cm³/mol. The van der Waals surface area contributed by atoms with Gasteiger partial charge in [0.1, 0.15) is 17.7 Å². The van der Waals surface area contributed by atoms with Crippen molar-refractivity contribution in [3.8, 4) is 6.07 Å². The molecule has 0 spiro atoms. The van der Waals surface area contributed by atoms with E-state index < -0.39 is 5.97 Å². The molecule has 0 heterocycles. The fraction of sp³-hybridized carbons (Fsp3) is 0.375. The number of benzene rings is 1. The van der Waals surface area contributed by atoms with E-state index in [4.69, 9.17) is 10.00 Å². The summed E-state index contributed by atoms with van der Waals surface area (Å²) in [5.74, 6) is -0.502. The van der Waals surface area contributed by atoms with Gasteiger partial charge < -0.3 is 4.74 Å². The molecule has 0 saturated heterocycles. The van der Waals surface area contributed by atoms with Gasteiger partial charge in [0, 0.05) is 0 Å². The molecule has 3 nitrogen and oxygen atoms in total. The van der Waals surface area contributed by atoms with Crippen molar-refractivity contribution in [2.24, 2.45) is 0 Å². The van der Waals surface area contributed by atoms with E-state index in [0.717, 1.165) is 31.2 Å². The molecule has 0 atom stereocenters. The number of nitrogens with zero attached hydrogens (tertiary/aromatic N) is 1. The van der Waals surface area contributed by atoms with E-state index in [1.165, 1.54) is 6.42 Å². The first-order valence-electron chi connectivity index (χ1n) is 6.67. The summed E-state index contributed by atoms with van der Waals surface area (Å²) < 4.78 is 5.39. The second kappa shape index (κ2) is 6.75. The van der Waals surface area contributed by atoms with Crippen molar-refractivity contribution in [2.75, 3.05) is 0 Å². The van der Waals surface area contributed by atoms with E-state index in [9.17, 15) is 4.79 Å². The summed E-state index contributed by atoms with van der Waals surface area (Å²) in [7, 11) is 0. The molecule has 0 aromatic heterocycles. The zero-order valence-electron chi connectivity index (χ0n) is 10.8. The van der Waals surface area contributed by atoms with Crippen LogP contribution in [0.25, 0.3) is 6.08 Å². The first-order chi connectivity index (χ1) is 9.29. The van der Waals surface area contributed by atoms with Gasteiger partial charge in [0.05, 0.1) is 0 Å². The summed E-state index contributed by atoms with van der Waals surface area (Å²) >= 11 is 0. The predicted octanol–water partition coefficient (Wildman–Crippen LogP) is 3.47. The highest BCUT2D eigenvalue weighted by Crippen LogP contribution is 2.21. The van der Waals surface area contributed by atoms with Crippen LogP contribution < -0.4 is 0 Å². The van der Waals surface area contributed by atoms with Gasteiger partial charge in [0.25, 0.3) is 0 Å². The third kappa shape index (κ3) is 3.96. The molecular weight excluding hydrogens is 238 g/mol. The van der Waals surface area contributed by atoms with Crippen LogP contribution in [0.1, 0.15) is 37.7 Å². The van der Waals surface area contributed by atoms with Crippen LogP contribution in [0.2, 0.25) is 0 Å². The molecule has 19 heavy (non-hydrogen) atoms. The minimum Gasteiger partial charge on any atom is -0.458 e. The highest BCUT2D eigenvalue weighted by molar-refractivity contribution is 5.97. The maximum Gasteiger partial charge on any atom is 0.349 e. The van der Waals surface area contributed by atoms with E-state index >= 15 is 0 Å². The minimum atomic E-state index is -0.502. The van der Waals surface area contributed by atoms with Crippen LogP contribution >= 0.6 is 0 Å². The van der Waals surface area contributed by atoms with Crippen LogP contribution in [-0.2, 0) is 9.53 Å². The number of nitriles is 1. The largest absolute Gasteiger partial charge is 0.458 e. The number of hydrogen-bond acceptors (Lipinski definition) is 3. The van der Waals surface area contributed by atoms with Crippen molar-refractivity contribution < 1.29 is 9.53 Å². The van der Waals surface area contributed by atoms with Crippen LogP contribution in [0.3, 0.4) is 0 Å². The number of ether oxygens (including phenoxy) is 1. The normalized spacial score (nSPS) is 16.7. The van der Waals surface area contributed by atoms with Crippen molar-refractivity contribution in [3.63, 3.8) is 0 Å². The minimum absolute atomic E-state index is 0.0197. The molecule has 1 aliphatic rings. The Hall–Kier alpha value is -2.08. The highest BCUT2D eigenvalue weighted by atomic mass is 16.5. The number of carbonyl (C=O) groups excluding carboxylic acids is 1. The molecule has 1 fully saturated rings. The van der Waals surface area contributed by atoms with Gasteiger partial charge in [-0.05, 0) is 37.3 Å². The number of carbonyl (C=O) groups is 1. The van der Waals surface area contributed by atoms with Crippen molar-refractivity contribution in [1.29, 1.82) is 5.26 Å². The molecule has 0 bridgehead atoms. The van der Waals surface area contributed by atoms with Crippen LogP contribution in [0.15, 0.2) is 35.9 Å². The van der Waals surface area contributed by atoms with Crippen LogP contribution in [-0.4, -0.2) is 12.1 Å². The lowest BCUT2D eigenvalue weighted by molar-refractivity contribution is -0.145. The van der Waals surface area contributed by atoms with E-state index in [1.54, 1.807) is 6.08 Å². The quantitative estimate of drug-likeness (QED) is 0.472. The van der Waals surface area contributed by atoms with Crippen LogP contribution in [0.4, 0.5) is 0 Å². The summed E-state index contributed by atoms with van der Waals surface area (Å²) in [5.41, 5.74) is 0.899. The zero-order chi connectivity index (χ0) is 13.5. The van der Waals surface area contributed by atoms with Gasteiger partial charge in [-0.25, -0.2) is 4.79 Å². The van der Waals surface area contributed by atoms with E-state index in [0.29, 0.717) is 0 Å². The third-order valence-electron chi connectivity index (χ3n) is 3.28. The first-order valence-corrected chi connectivity index (χ1v) is 6.67. The SMILES string of the molecule is N#CC(=Cc1ccccc1)C(=O)OC1CCCCC1. The number of rotatable bonds is 3. The van der Waals surface area contributed by atoms with E-state index in [1.807, 2.05) is 36.4 Å². The van der Waals surface area contributed by atoms with Gasteiger partial charge >= 0.3 is 5.97 Å². The summed E-state index contributed by atoms with van der Waals surface area (Å²) in [5, 5.41) is 9.07. The lowest BCUT2D eigenvalue weighted by Crippen LogP contribution is -2.21. The zero-order valence-corrected chi connectivity index (χ0v) is 10.8. The van der Waals surface area contributed by atoms with Crippen LogP contribution in [0, 0.1) is 11.3 Å². The van der Waals surface area contributed by atoms with Gasteiger partial charge in [-0.3, -0.25) is 0 Å². The second-order valence-electron chi connectivity index (χ2n) is 4.75. The Morgan fingerprint density at radius 3 is 2.53 bits per heavy atom. The summed E-state index contributed by atoms with van der Waals surface area (Å²) in [6, 6.07) is 11.3. The molecule has 0 amide bonds. The topological polar surface area (TPSA) is 50.1 Å². The summed E-state index contributed by atoms with van der Waals surface area (Å²) in [6.07, 6.45) is 6.79. The summed E-state index contributed by atoms with van der Waals surface area (Å²) in [4.78, 5) is 11.9. The lowest BCUT2D eigenvalue weighted by Gasteiger charge is -2.21. The van der Waals surface area contributed by atoms with Gasteiger partial charge in [0.15, 0.2) is 0 Å². The molecular formula is C16H17NO2. The van der Waals surface area contributed by atoms with Gasteiger partial charge in [0.2, 0.25) is 0 Å². The Morgan fingerprint density at radius 1 is 1.21 bits per heavy atom. The lowest BCUT2D eigenvalue weighted by atomic mass is 9.98. The van der Waals surface area contributed by atoms with Crippen molar-refractivity contribution in [1.82, 2.24) is 0 Å². The fourth-order valence-electron chi connectivity index (χ4n) is 2.25. The molecule has 3 heteroatoms. The smallest absolute Gasteiger partial charge is 0.349 e. The van der Waals surface area contributed by atoms with Crippen LogP contribution in [0.5, 0.6) is 0 Å². The van der Waals surface area contributed by atoms with Gasteiger partial charge in [-0.2, -0.15) is 5.26 Å². The molecule has 98 valence electrons. The molecule has 0 N–H and O–H groups in total. The Kier molecular flexibility index (Phi) is 4.74. The monoisotopic (exact) mass is 255 g/mol. The molecule has 0 aliphatic heterocycles. The second-order valence-corrected chi connectivity index (χ2v) is 4.75. The molecule has 1 aromatic rings. The molecule has 1 aliphatic carbocycles. The Balaban J connectivity index is 2.03. The molecule has 0 radical (unpaired) electrons. The molecule has 2 rings (SSSR count). The Morgan fingerprint density at radius 2 is 1.89 bits per heavy atom. The molecule has 1 aromatic carbocycles. The maximum atomic E-state index is 11.9. The average molecular weight is 255 g/mol. The molecule has 0 unspecified atom stereocenters. The van der Waals surface area contributed by atoms with Gasteiger partial charge in [-0.1, -0.05) is 36.8 Å². The number of hydrogen-bond donors (Lipinski definition) is 0. The van der Waals surface area contributed by atoms with Crippen molar-refractivity contribution in [3.05, 3.63) is 41.5 Å². The fourth-order valence-corrected chi connectivity index (χ4v) is 2.25. The van der Waals surface area contributed by atoms with Crippen molar-refractivity contribution in [2.45, 2.75) is 38.2 Å². The third-order valence-corrected chi connectivity index (χ3v) is 3.28. The van der Waals surface area contributed by atoms with Gasteiger partial charge in [-0.15, -0.1) is 0 Å². The Labute approximate surface area is 113 Å². The standard InChI is InChI=1S/C16H17NO2/c17-12-14(11-13-7-3-1-4-8-13)16(18)19-15-9-5-2-6-10-15/h1,3-4,7-8,11,15H,2,5-6,9-10H2. The summed E-state index contributed by atoms with van der Waals surface area (Å²) in [6.45, 7) is 0. The highest BCUT2D eigenvalue weighted by Gasteiger charge is 2.20. The average Bonchev–Trinajstić information content (AvgIpc) is 2.47. The first kappa shape index (κ1) is 13.4.